The minimum atomic E-state index is -0.992. The van der Waals surface area contributed by atoms with E-state index in [1.165, 1.54) is 23.0 Å². The molecule has 3 atom stereocenters. The number of likely N-dealkylation sites (tertiary alicyclic amines) is 1. The molecule has 188 valence electrons. The molecule has 8 nitrogen and oxygen atoms in total. The zero-order valence-corrected chi connectivity index (χ0v) is 21.5. The van der Waals surface area contributed by atoms with Crippen molar-refractivity contribution in [3.8, 4) is 11.8 Å². The van der Waals surface area contributed by atoms with Gasteiger partial charge < -0.3 is 19.9 Å². The third-order valence-corrected chi connectivity index (χ3v) is 7.31. The van der Waals surface area contributed by atoms with Gasteiger partial charge in [-0.25, -0.2) is 0 Å². The van der Waals surface area contributed by atoms with Gasteiger partial charge in [-0.1, -0.05) is 43.6 Å². The molecular formula is C27H29ClN4O4. The van der Waals surface area contributed by atoms with Crippen molar-refractivity contribution in [1.82, 2.24) is 9.80 Å². The Labute approximate surface area is 215 Å². The van der Waals surface area contributed by atoms with Crippen LogP contribution in [0, 0.1) is 17.2 Å². The molecule has 2 aromatic rings. The minimum Gasteiger partial charge on any atom is -0.496 e. The Bertz CT molecular complexity index is 1260. The van der Waals surface area contributed by atoms with E-state index in [0.29, 0.717) is 22.9 Å². The van der Waals surface area contributed by atoms with Crippen LogP contribution < -0.4 is 10.1 Å². The predicted octanol–water partition coefficient (Wildman–Crippen LogP) is 3.85. The highest BCUT2D eigenvalue weighted by Crippen LogP contribution is 2.46. The predicted molar refractivity (Wildman–Crippen MR) is 136 cm³/mol. The molecule has 2 heterocycles. The monoisotopic (exact) mass is 508 g/mol. The van der Waals surface area contributed by atoms with Crippen molar-refractivity contribution in [2.24, 2.45) is 5.92 Å². The summed E-state index contributed by atoms with van der Waals surface area (Å²) in [7, 11) is 3.03. The number of para-hydroxylation sites is 1. The number of carbonyl (C=O) groups is 3. The average Bonchev–Trinajstić information content (AvgIpc) is 3.39. The number of methoxy groups -OCH3 is 1. The summed E-state index contributed by atoms with van der Waals surface area (Å²) in [4.78, 5) is 43.5. The van der Waals surface area contributed by atoms with E-state index in [9.17, 15) is 19.6 Å². The Kier molecular flexibility index (Phi) is 6.96. The largest absolute Gasteiger partial charge is 0.496 e. The summed E-state index contributed by atoms with van der Waals surface area (Å²) >= 11 is 6.14. The highest BCUT2D eigenvalue weighted by atomic mass is 35.5. The number of fused-ring (bicyclic) bond motifs is 2. The molecule has 2 aliphatic heterocycles. The van der Waals surface area contributed by atoms with Crippen molar-refractivity contribution in [3.63, 3.8) is 0 Å². The van der Waals surface area contributed by atoms with Crippen LogP contribution in [-0.2, 0) is 15.0 Å². The average molecular weight is 509 g/mol. The fraction of sp³-hybridized carbons (Fsp3) is 0.407. The van der Waals surface area contributed by atoms with Gasteiger partial charge in [-0.15, -0.1) is 0 Å². The molecule has 1 spiro atoms. The van der Waals surface area contributed by atoms with Crippen LogP contribution in [0.15, 0.2) is 42.5 Å². The van der Waals surface area contributed by atoms with Crippen molar-refractivity contribution in [3.05, 3.63) is 58.6 Å². The van der Waals surface area contributed by atoms with Gasteiger partial charge in [0.25, 0.3) is 5.91 Å². The fourth-order valence-corrected chi connectivity index (χ4v) is 5.40. The molecule has 4 rings (SSSR count). The smallest absolute Gasteiger partial charge is 0.258 e. The molecule has 0 saturated carbocycles. The first-order valence-corrected chi connectivity index (χ1v) is 12.2. The number of rotatable bonds is 6. The van der Waals surface area contributed by atoms with Crippen molar-refractivity contribution in [2.75, 3.05) is 26.0 Å². The zero-order chi connectivity index (χ0) is 26.2. The van der Waals surface area contributed by atoms with Crippen molar-refractivity contribution >= 4 is 35.0 Å². The van der Waals surface area contributed by atoms with Gasteiger partial charge in [0.05, 0.1) is 24.2 Å². The maximum Gasteiger partial charge on any atom is 0.258 e. The molecule has 9 heteroatoms. The van der Waals surface area contributed by atoms with Crippen LogP contribution >= 0.6 is 11.6 Å². The molecule has 36 heavy (non-hydrogen) atoms. The van der Waals surface area contributed by atoms with Gasteiger partial charge in [0.2, 0.25) is 11.8 Å². The van der Waals surface area contributed by atoms with Crippen LogP contribution in [0.4, 0.5) is 5.69 Å². The lowest BCUT2D eigenvalue weighted by atomic mass is 9.80. The van der Waals surface area contributed by atoms with Crippen LogP contribution in [0.2, 0.25) is 5.02 Å². The summed E-state index contributed by atoms with van der Waals surface area (Å²) in [6.45, 7) is 4.00. The molecule has 0 radical (unpaired) electrons. The number of likely N-dealkylation sites (N-methyl/N-ethyl adjacent to an activating group) is 1. The normalized spacial score (nSPS) is 21.2. The molecule has 0 bridgehead atoms. The Morgan fingerprint density at radius 1 is 1.31 bits per heavy atom. The van der Waals surface area contributed by atoms with Gasteiger partial charge in [0.15, 0.2) is 0 Å². The third kappa shape index (κ3) is 4.28. The van der Waals surface area contributed by atoms with Gasteiger partial charge in [-0.3, -0.25) is 14.4 Å². The molecular weight excluding hydrogens is 480 g/mol. The van der Waals surface area contributed by atoms with Crippen molar-refractivity contribution < 1.29 is 19.1 Å². The summed E-state index contributed by atoms with van der Waals surface area (Å²) in [5, 5.41) is 13.2. The van der Waals surface area contributed by atoms with E-state index in [1.54, 1.807) is 19.2 Å². The number of anilines is 1. The first-order chi connectivity index (χ1) is 17.1. The number of nitrogens with zero attached hydrogens (tertiary/aromatic N) is 3. The van der Waals surface area contributed by atoms with E-state index in [2.05, 4.69) is 11.4 Å². The highest BCUT2D eigenvalue weighted by molar-refractivity contribution is 6.31. The second-order valence-electron chi connectivity index (χ2n) is 9.80. The number of ether oxygens (including phenoxy) is 1. The minimum absolute atomic E-state index is 0.0734. The summed E-state index contributed by atoms with van der Waals surface area (Å²) in [6.07, 6.45) is 0.584. The van der Waals surface area contributed by atoms with Gasteiger partial charge in [0, 0.05) is 30.7 Å². The van der Waals surface area contributed by atoms with E-state index >= 15 is 0 Å². The topological polar surface area (TPSA) is 103 Å². The first kappa shape index (κ1) is 25.5. The Hall–Kier alpha value is -3.57. The quantitative estimate of drug-likeness (QED) is 0.638. The van der Waals surface area contributed by atoms with Gasteiger partial charge >= 0.3 is 0 Å². The molecule has 1 N–H and O–H groups in total. The number of carbonyl (C=O) groups excluding carboxylic acids is 3. The van der Waals surface area contributed by atoms with Gasteiger partial charge in [0.1, 0.15) is 17.8 Å². The summed E-state index contributed by atoms with van der Waals surface area (Å²) in [6, 6.07) is 12.7. The number of amides is 3. The molecule has 3 amide bonds. The summed E-state index contributed by atoms with van der Waals surface area (Å²) in [5.41, 5.74) is 0.743. The lowest BCUT2D eigenvalue weighted by Gasteiger charge is -2.33. The van der Waals surface area contributed by atoms with Crippen LogP contribution in [0.1, 0.15) is 42.6 Å². The Balaban J connectivity index is 1.68. The molecule has 0 aromatic heterocycles. The van der Waals surface area contributed by atoms with Gasteiger partial charge in [-0.2, -0.15) is 5.26 Å². The van der Waals surface area contributed by atoms with E-state index in [4.69, 9.17) is 16.3 Å². The standard InChI is InChI=1S/C27H29ClN4O4/c1-16(2)11-22(31(3)24(33)19-12-17(28)9-10-23(19)36-4)25(34)32-15-27(13-18(32)14-29)20-7-5-6-8-21(20)30-26(27)35/h5-10,12,16,18,22H,11,13,15H2,1-4H3,(H,30,35)/t18-,22-,27-/m0/s1. The number of hydrogen-bond donors (Lipinski definition) is 1. The van der Waals surface area contributed by atoms with E-state index < -0.39 is 23.4 Å². The maximum atomic E-state index is 14.0. The van der Waals surface area contributed by atoms with E-state index in [-0.39, 0.29) is 36.3 Å². The van der Waals surface area contributed by atoms with E-state index in [1.807, 2.05) is 38.1 Å². The number of hydrogen-bond acceptors (Lipinski definition) is 5. The molecule has 1 saturated heterocycles. The second-order valence-corrected chi connectivity index (χ2v) is 10.2. The van der Waals surface area contributed by atoms with Crippen LogP contribution in [0.3, 0.4) is 0 Å². The third-order valence-electron chi connectivity index (χ3n) is 7.08. The summed E-state index contributed by atoms with van der Waals surface area (Å²) in [5.74, 6) is -0.557. The lowest BCUT2D eigenvalue weighted by Crippen LogP contribution is -2.52. The molecule has 0 unspecified atom stereocenters. The fourth-order valence-electron chi connectivity index (χ4n) is 5.23. The molecule has 1 fully saturated rings. The number of nitrogens with one attached hydrogen (secondary N) is 1. The van der Waals surface area contributed by atoms with E-state index in [0.717, 1.165) is 5.56 Å². The van der Waals surface area contributed by atoms with Crippen molar-refractivity contribution in [1.29, 1.82) is 5.26 Å². The SMILES string of the molecule is COc1ccc(Cl)cc1C(=O)N(C)[C@@H](CC(C)C)C(=O)N1C[C@]2(C[C@H]1C#N)C(=O)Nc1ccccc12. The number of benzene rings is 2. The highest BCUT2D eigenvalue weighted by Gasteiger charge is 2.56. The van der Waals surface area contributed by atoms with Crippen LogP contribution in [0.5, 0.6) is 5.75 Å². The lowest BCUT2D eigenvalue weighted by molar-refractivity contribution is -0.136. The Morgan fingerprint density at radius 3 is 2.69 bits per heavy atom. The maximum absolute atomic E-state index is 14.0. The number of nitriles is 1. The first-order valence-electron chi connectivity index (χ1n) is 11.8. The van der Waals surface area contributed by atoms with Crippen molar-refractivity contribution in [2.45, 2.75) is 44.2 Å². The molecule has 2 aromatic carbocycles. The van der Waals surface area contributed by atoms with Crippen LogP contribution in [-0.4, -0.2) is 60.3 Å². The van der Waals surface area contributed by atoms with Gasteiger partial charge in [-0.05, 0) is 42.2 Å². The molecule has 2 aliphatic rings. The zero-order valence-electron chi connectivity index (χ0n) is 20.7. The number of halogens is 1. The van der Waals surface area contributed by atoms with Crippen LogP contribution in [0.25, 0.3) is 0 Å². The second kappa shape index (κ2) is 9.82. The Morgan fingerprint density at radius 2 is 2.03 bits per heavy atom. The summed E-state index contributed by atoms with van der Waals surface area (Å²) < 4.78 is 5.35. The molecule has 0 aliphatic carbocycles.